The summed E-state index contributed by atoms with van der Waals surface area (Å²) in [4.78, 5) is 16.8. The number of methoxy groups -OCH3 is 1. The number of hydrogen-bond donors (Lipinski definition) is 2. The molecule has 1 aromatic rings. The van der Waals surface area contributed by atoms with Gasteiger partial charge in [-0.2, -0.15) is 0 Å². The lowest BCUT2D eigenvalue weighted by Gasteiger charge is -2.48. The molecule has 3 aliphatic rings. The lowest BCUT2D eigenvalue weighted by Crippen LogP contribution is -2.68. The van der Waals surface area contributed by atoms with E-state index in [-0.39, 0.29) is 12.6 Å². The number of nitrogens with zero attached hydrogens (tertiary/aromatic N) is 2. The van der Waals surface area contributed by atoms with Crippen LogP contribution in [-0.2, 0) is 18.9 Å². The van der Waals surface area contributed by atoms with E-state index >= 15 is 0 Å². The maximum Gasteiger partial charge on any atom is 0.317 e. The van der Waals surface area contributed by atoms with Gasteiger partial charge in [-0.15, -0.1) is 0 Å². The lowest BCUT2D eigenvalue weighted by molar-refractivity contribution is -0.340. The summed E-state index contributed by atoms with van der Waals surface area (Å²) >= 11 is 0. The summed E-state index contributed by atoms with van der Waals surface area (Å²) in [5, 5.41) is 13.8. The van der Waals surface area contributed by atoms with Gasteiger partial charge in [0, 0.05) is 38.9 Å². The Kier molecular flexibility index (Phi) is 6.33. The predicted octanol–water partition coefficient (Wildman–Crippen LogP) is 0.158. The summed E-state index contributed by atoms with van der Waals surface area (Å²) in [6, 6.07) is 8.68. The molecule has 2 amide bonds. The fourth-order valence-corrected chi connectivity index (χ4v) is 3.99. The van der Waals surface area contributed by atoms with E-state index < -0.39 is 36.9 Å². The van der Waals surface area contributed by atoms with Crippen molar-refractivity contribution in [1.82, 2.24) is 15.1 Å². The Hall–Kier alpha value is -1.75. The van der Waals surface area contributed by atoms with Crippen molar-refractivity contribution >= 4 is 6.03 Å². The van der Waals surface area contributed by atoms with E-state index in [0.29, 0.717) is 13.1 Å². The summed E-state index contributed by atoms with van der Waals surface area (Å²) in [7, 11) is 3.50. The van der Waals surface area contributed by atoms with Crippen LogP contribution in [0.25, 0.3) is 0 Å². The summed E-state index contributed by atoms with van der Waals surface area (Å²) in [5.41, 5.74) is 0.874. The number of benzene rings is 1. The maximum absolute atomic E-state index is 12.9. The molecule has 0 aliphatic carbocycles. The van der Waals surface area contributed by atoms with Crippen molar-refractivity contribution in [3.63, 3.8) is 0 Å². The second kappa shape index (κ2) is 8.95. The van der Waals surface area contributed by atoms with Gasteiger partial charge in [-0.25, -0.2) is 4.79 Å². The first kappa shape index (κ1) is 20.5. The van der Waals surface area contributed by atoms with Crippen molar-refractivity contribution in [2.75, 3.05) is 46.9 Å². The zero-order valence-electron chi connectivity index (χ0n) is 16.8. The third-order valence-corrected chi connectivity index (χ3v) is 5.75. The van der Waals surface area contributed by atoms with E-state index in [1.165, 1.54) is 7.11 Å². The number of urea groups is 1. The number of aliphatic hydroxyl groups is 1. The number of ether oxygens (including phenoxy) is 4. The molecule has 2 N–H and O–H groups in total. The largest absolute Gasteiger partial charge is 0.386 e. The van der Waals surface area contributed by atoms with Gasteiger partial charge in [0.2, 0.25) is 0 Å². The topological polar surface area (TPSA) is 92.7 Å². The monoisotopic (exact) mass is 407 g/mol. The number of hydrogen-bond acceptors (Lipinski definition) is 7. The fraction of sp³-hybridized carbons (Fsp3) is 0.650. The first-order valence-corrected chi connectivity index (χ1v) is 9.99. The highest BCUT2D eigenvalue weighted by Crippen LogP contribution is 2.34. The Bertz CT molecular complexity index is 684. The highest BCUT2D eigenvalue weighted by Gasteiger charge is 2.50. The molecule has 0 radical (unpaired) electrons. The Balaban J connectivity index is 1.49. The van der Waals surface area contributed by atoms with Gasteiger partial charge >= 0.3 is 6.03 Å². The number of rotatable bonds is 3. The SMILES string of the molecule is CO[C@H]1O[C@@H]2COC(c3ccccc3)O[C@H]2[C@@H](NC(=O)N2CCN(C)CC2)[C@@H]1O. The average Bonchev–Trinajstić information content (AvgIpc) is 2.76. The van der Waals surface area contributed by atoms with E-state index in [2.05, 4.69) is 10.2 Å². The van der Waals surface area contributed by atoms with Crippen LogP contribution in [0.1, 0.15) is 11.9 Å². The summed E-state index contributed by atoms with van der Waals surface area (Å²) in [5.74, 6) is 0. The predicted molar refractivity (Wildman–Crippen MR) is 103 cm³/mol. The summed E-state index contributed by atoms with van der Waals surface area (Å²) in [6.45, 7) is 3.19. The van der Waals surface area contributed by atoms with Crippen LogP contribution in [-0.4, -0.2) is 98.5 Å². The summed E-state index contributed by atoms with van der Waals surface area (Å²) < 4.78 is 23.1. The van der Waals surface area contributed by atoms with Crippen LogP contribution in [0.5, 0.6) is 0 Å². The average molecular weight is 407 g/mol. The fourth-order valence-electron chi connectivity index (χ4n) is 3.99. The van der Waals surface area contributed by atoms with E-state index in [0.717, 1.165) is 18.7 Å². The van der Waals surface area contributed by atoms with Gasteiger partial charge in [0.15, 0.2) is 12.6 Å². The number of aliphatic hydroxyl groups excluding tert-OH is 1. The second-order valence-corrected chi connectivity index (χ2v) is 7.71. The molecule has 9 nitrogen and oxygen atoms in total. The Labute approximate surface area is 170 Å². The van der Waals surface area contributed by atoms with Gasteiger partial charge < -0.3 is 39.2 Å². The van der Waals surface area contributed by atoms with E-state index in [1.807, 2.05) is 37.4 Å². The zero-order valence-corrected chi connectivity index (χ0v) is 16.8. The van der Waals surface area contributed by atoms with Crippen molar-refractivity contribution in [2.45, 2.75) is 36.9 Å². The highest BCUT2D eigenvalue weighted by molar-refractivity contribution is 5.74. The highest BCUT2D eigenvalue weighted by atomic mass is 16.7. The van der Waals surface area contributed by atoms with Crippen LogP contribution in [0.15, 0.2) is 30.3 Å². The minimum absolute atomic E-state index is 0.219. The molecule has 0 spiro atoms. The van der Waals surface area contributed by atoms with E-state index in [1.54, 1.807) is 4.90 Å². The number of carbonyl (C=O) groups excluding carboxylic acids is 1. The maximum atomic E-state index is 12.9. The molecular weight excluding hydrogens is 378 g/mol. The molecule has 6 atom stereocenters. The van der Waals surface area contributed by atoms with Gasteiger partial charge in [0.05, 0.1) is 12.6 Å². The first-order valence-electron chi connectivity index (χ1n) is 9.99. The molecule has 3 heterocycles. The molecule has 29 heavy (non-hydrogen) atoms. The molecule has 1 unspecified atom stereocenters. The van der Waals surface area contributed by atoms with E-state index in [4.69, 9.17) is 18.9 Å². The zero-order chi connectivity index (χ0) is 20.4. The summed E-state index contributed by atoms with van der Waals surface area (Å²) in [6.07, 6.45) is -3.54. The van der Waals surface area contributed by atoms with Crippen LogP contribution in [0.2, 0.25) is 0 Å². The Morgan fingerprint density at radius 1 is 1.17 bits per heavy atom. The molecule has 9 heteroatoms. The number of amides is 2. The van der Waals surface area contributed by atoms with Crippen LogP contribution in [0.4, 0.5) is 4.79 Å². The molecule has 0 bridgehead atoms. The minimum Gasteiger partial charge on any atom is -0.386 e. The smallest absolute Gasteiger partial charge is 0.317 e. The van der Waals surface area contributed by atoms with Gasteiger partial charge in [-0.1, -0.05) is 30.3 Å². The second-order valence-electron chi connectivity index (χ2n) is 7.71. The van der Waals surface area contributed by atoms with Crippen LogP contribution < -0.4 is 5.32 Å². The van der Waals surface area contributed by atoms with Crippen molar-refractivity contribution in [3.05, 3.63) is 35.9 Å². The third kappa shape index (κ3) is 4.40. The third-order valence-electron chi connectivity index (χ3n) is 5.75. The molecule has 0 saturated carbocycles. The molecule has 3 aliphatic heterocycles. The van der Waals surface area contributed by atoms with Gasteiger partial charge in [0.1, 0.15) is 18.3 Å². The number of carbonyl (C=O) groups is 1. The van der Waals surface area contributed by atoms with Gasteiger partial charge in [-0.05, 0) is 7.05 Å². The number of likely N-dealkylation sites (N-methyl/N-ethyl adjacent to an activating group) is 1. The Morgan fingerprint density at radius 3 is 2.59 bits per heavy atom. The molecule has 4 rings (SSSR count). The lowest BCUT2D eigenvalue weighted by atomic mass is 9.95. The quantitative estimate of drug-likeness (QED) is 0.737. The van der Waals surface area contributed by atoms with Gasteiger partial charge in [-0.3, -0.25) is 0 Å². The number of piperazine rings is 1. The molecule has 1 aromatic carbocycles. The van der Waals surface area contributed by atoms with Crippen molar-refractivity contribution in [1.29, 1.82) is 0 Å². The molecule has 160 valence electrons. The van der Waals surface area contributed by atoms with Gasteiger partial charge in [0.25, 0.3) is 0 Å². The number of nitrogens with one attached hydrogen (secondary N) is 1. The molecule has 3 saturated heterocycles. The molecular formula is C20H29N3O6. The van der Waals surface area contributed by atoms with Crippen molar-refractivity contribution < 1.29 is 28.8 Å². The molecule has 0 aromatic heterocycles. The number of fused-ring (bicyclic) bond motifs is 1. The van der Waals surface area contributed by atoms with E-state index in [9.17, 15) is 9.90 Å². The Morgan fingerprint density at radius 2 is 1.90 bits per heavy atom. The minimum atomic E-state index is -1.06. The van der Waals surface area contributed by atoms with Crippen LogP contribution >= 0.6 is 0 Å². The van der Waals surface area contributed by atoms with Crippen molar-refractivity contribution in [3.8, 4) is 0 Å². The normalized spacial score (nSPS) is 35.8. The van der Waals surface area contributed by atoms with Crippen LogP contribution in [0.3, 0.4) is 0 Å². The standard InChI is InChI=1S/C20H29N3O6/c1-22-8-10-23(11-9-22)20(25)21-15-16(24)19(26-2)28-14-12-27-18(29-17(14)15)13-6-4-3-5-7-13/h3-7,14-19,24H,8-12H2,1-2H3,(H,21,25)/t14-,15+,16+,17-,18?,19+/m1/s1. The van der Waals surface area contributed by atoms with Crippen molar-refractivity contribution in [2.24, 2.45) is 0 Å². The molecule has 3 fully saturated rings. The van der Waals surface area contributed by atoms with Crippen LogP contribution in [0, 0.1) is 0 Å². The first-order chi connectivity index (χ1) is 14.1.